The van der Waals surface area contributed by atoms with Crippen LogP contribution in [0.5, 0.6) is 5.75 Å². The summed E-state index contributed by atoms with van der Waals surface area (Å²) in [7, 11) is 0. The SMILES string of the molecule is Cc1cc(OC[C@H]2c3ccsc3CCN2C(=O)CN(CC(C)C)C(=O)CC(C)C)ccc1Cl. The van der Waals surface area contributed by atoms with E-state index in [1.165, 1.54) is 4.88 Å². The van der Waals surface area contributed by atoms with E-state index >= 15 is 0 Å². The molecule has 1 aromatic carbocycles. The van der Waals surface area contributed by atoms with Crippen LogP contribution in [-0.2, 0) is 16.0 Å². The van der Waals surface area contributed by atoms with Crippen molar-refractivity contribution in [1.82, 2.24) is 9.80 Å². The zero-order chi connectivity index (χ0) is 24.1. The van der Waals surface area contributed by atoms with Crippen molar-refractivity contribution in [3.63, 3.8) is 0 Å². The highest BCUT2D eigenvalue weighted by molar-refractivity contribution is 7.10. The van der Waals surface area contributed by atoms with E-state index in [1.807, 2.05) is 43.9 Å². The third-order valence-electron chi connectivity index (χ3n) is 5.80. The van der Waals surface area contributed by atoms with Gasteiger partial charge in [-0.25, -0.2) is 0 Å². The normalized spacial score (nSPS) is 15.6. The third-order valence-corrected chi connectivity index (χ3v) is 7.22. The predicted molar refractivity (Wildman–Crippen MR) is 135 cm³/mol. The van der Waals surface area contributed by atoms with E-state index in [4.69, 9.17) is 16.3 Å². The Labute approximate surface area is 206 Å². The fourth-order valence-corrected chi connectivity index (χ4v) is 5.23. The maximum absolute atomic E-state index is 13.5. The van der Waals surface area contributed by atoms with E-state index in [1.54, 1.807) is 16.2 Å². The topological polar surface area (TPSA) is 49.9 Å². The van der Waals surface area contributed by atoms with Gasteiger partial charge in [-0.3, -0.25) is 9.59 Å². The lowest BCUT2D eigenvalue weighted by molar-refractivity contribution is -0.143. The van der Waals surface area contributed by atoms with Crippen LogP contribution < -0.4 is 4.74 Å². The fraction of sp³-hybridized carbons (Fsp3) is 0.538. The van der Waals surface area contributed by atoms with E-state index in [9.17, 15) is 9.59 Å². The molecule has 0 saturated carbocycles. The average molecular weight is 491 g/mol. The molecule has 0 saturated heterocycles. The van der Waals surface area contributed by atoms with Crippen molar-refractivity contribution in [2.24, 2.45) is 11.8 Å². The Hall–Kier alpha value is -2.05. The molecule has 0 N–H and O–H groups in total. The van der Waals surface area contributed by atoms with Crippen LogP contribution in [0.2, 0.25) is 5.02 Å². The summed E-state index contributed by atoms with van der Waals surface area (Å²) in [6.07, 6.45) is 1.29. The lowest BCUT2D eigenvalue weighted by Gasteiger charge is -2.37. The van der Waals surface area contributed by atoms with Crippen molar-refractivity contribution in [3.8, 4) is 5.75 Å². The predicted octanol–water partition coefficient (Wildman–Crippen LogP) is 5.75. The van der Waals surface area contributed by atoms with Gasteiger partial charge in [-0.2, -0.15) is 0 Å². The molecule has 33 heavy (non-hydrogen) atoms. The summed E-state index contributed by atoms with van der Waals surface area (Å²) in [5.41, 5.74) is 2.10. The number of halogens is 1. The van der Waals surface area contributed by atoms with Gasteiger partial charge < -0.3 is 14.5 Å². The number of nitrogens with zero attached hydrogens (tertiary/aromatic N) is 2. The van der Waals surface area contributed by atoms with Gasteiger partial charge in [0.15, 0.2) is 0 Å². The molecule has 2 heterocycles. The molecule has 1 atom stereocenters. The molecule has 2 amide bonds. The highest BCUT2D eigenvalue weighted by Gasteiger charge is 2.33. The maximum Gasteiger partial charge on any atom is 0.242 e. The number of fused-ring (bicyclic) bond motifs is 1. The van der Waals surface area contributed by atoms with Crippen LogP contribution in [-0.4, -0.2) is 47.9 Å². The molecular formula is C26H35ClN2O3S. The minimum absolute atomic E-state index is 0.0227. The molecule has 5 nitrogen and oxygen atoms in total. The van der Waals surface area contributed by atoms with Crippen molar-refractivity contribution in [1.29, 1.82) is 0 Å². The molecule has 0 fully saturated rings. The fourth-order valence-electron chi connectivity index (χ4n) is 4.18. The van der Waals surface area contributed by atoms with Crippen LogP contribution in [0.3, 0.4) is 0 Å². The van der Waals surface area contributed by atoms with Crippen molar-refractivity contribution < 1.29 is 14.3 Å². The first kappa shape index (κ1) is 25.6. The number of rotatable bonds is 9. The molecule has 0 radical (unpaired) electrons. The molecule has 1 aliphatic heterocycles. The average Bonchev–Trinajstić information content (AvgIpc) is 3.22. The van der Waals surface area contributed by atoms with E-state index in [2.05, 4.69) is 25.3 Å². The van der Waals surface area contributed by atoms with Crippen LogP contribution in [0.4, 0.5) is 0 Å². The zero-order valence-corrected chi connectivity index (χ0v) is 21.8. The molecular weight excluding hydrogens is 456 g/mol. The summed E-state index contributed by atoms with van der Waals surface area (Å²) in [5.74, 6) is 1.32. The first-order chi connectivity index (χ1) is 15.7. The molecule has 1 aromatic heterocycles. The number of amides is 2. The first-order valence-corrected chi connectivity index (χ1v) is 12.9. The molecule has 180 valence electrons. The number of thiophene rings is 1. The van der Waals surface area contributed by atoms with Crippen LogP contribution in [0, 0.1) is 18.8 Å². The Morgan fingerprint density at radius 1 is 1.21 bits per heavy atom. The number of ether oxygens (including phenoxy) is 1. The van der Waals surface area contributed by atoms with Crippen molar-refractivity contribution in [3.05, 3.63) is 50.7 Å². The van der Waals surface area contributed by atoms with Gasteiger partial charge in [0.25, 0.3) is 0 Å². The molecule has 0 bridgehead atoms. The Morgan fingerprint density at radius 3 is 2.64 bits per heavy atom. The second kappa shape index (κ2) is 11.4. The van der Waals surface area contributed by atoms with Crippen molar-refractivity contribution in [2.75, 3.05) is 26.2 Å². The number of hydrogen-bond acceptors (Lipinski definition) is 4. The van der Waals surface area contributed by atoms with Crippen LogP contribution in [0.15, 0.2) is 29.6 Å². The molecule has 0 unspecified atom stereocenters. The number of aryl methyl sites for hydroxylation is 1. The third kappa shape index (κ3) is 6.73. The van der Waals surface area contributed by atoms with E-state index < -0.39 is 0 Å². The zero-order valence-electron chi connectivity index (χ0n) is 20.3. The van der Waals surface area contributed by atoms with Gasteiger partial charge >= 0.3 is 0 Å². The van der Waals surface area contributed by atoms with Crippen molar-refractivity contribution in [2.45, 2.75) is 53.5 Å². The number of benzene rings is 1. The van der Waals surface area contributed by atoms with Gasteiger partial charge in [-0.15, -0.1) is 11.3 Å². The smallest absolute Gasteiger partial charge is 0.242 e. The van der Waals surface area contributed by atoms with Gasteiger partial charge in [0.05, 0.1) is 12.6 Å². The summed E-state index contributed by atoms with van der Waals surface area (Å²) in [4.78, 5) is 31.3. The highest BCUT2D eigenvalue weighted by Crippen LogP contribution is 2.34. The number of hydrogen-bond donors (Lipinski definition) is 0. The summed E-state index contributed by atoms with van der Waals surface area (Å²) < 4.78 is 6.13. The Bertz CT molecular complexity index is 972. The molecule has 3 rings (SSSR count). The summed E-state index contributed by atoms with van der Waals surface area (Å²) >= 11 is 7.88. The maximum atomic E-state index is 13.5. The lowest BCUT2D eigenvalue weighted by atomic mass is 10.00. The number of carbonyl (C=O) groups is 2. The molecule has 7 heteroatoms. The van der Waals surface area contributed by atoms with Gasteiger partial charge in [0.1, 0.15) is 12.4 Å². The van der Waals surface area contributed by atoms with Gasteiger partial charge in [-0.1, -0.05) is 39.3 Å². The van der Waals surface area contributed by atoms with Gasteiger partial charge in [-0.05, 0) is 66.0 Å². The second-order valence-corrected chi connectivity index (χ2v) is 11.0. The summed E-state index contributed by atoms with van der Waals surface area (Å²) in [6, 6.07) is 7.52. The molecule has 0 aliphatic carbocycles. The second-order valence-electron chi connectivity index (χ2n) is 9.64. The lowest BCUT2D eigenvalue weighted by Crippen LogP contribution is -2.48. The highest BCUT2D eigenvalue weighted by atomic mass is 35.5. The van der Waals surface area contributed by atoms with Crippen LogP contribution >= 0.6 is 22.9 Å². The van der Waals surface area contributed by atoms with E-state index in [0.29, 0.717) is 37.1 Å². The molecule has 1 aliphatic rings. The van der Waals surface area contributed by atoms with Crippen molar-refractivity contribution >= 4 is 34.8 Å². The monoisotopic (exact) mass is 490 g/mol. The Morgan fingerprint density at radius 2 is 1.97 bits per heavy atom. The Balaban J connectivity index is 1.77. The summed E-state index contributed by atoms with van der Waals surface area (Å²) in [5, 5.41) is 2.78. The minimum atomic E-state index is -0.176. The standard InChI is InChI=1S/C26H35ClN2O3S/c1-17(2)12-25(30)28(14-18(3)4)15-26(31)29-10-8-24-21(9-11-33-24)23(29)16-32-20-6-7-22(27)19(5)13-20/h6-7,9,11,13,17-18,23H,8,10,12,14-16H2,1-5H3/t23-/m0/s1. The molecule has 2 aromatic rings. The van der Waals surface area contributed by atoms with Gasteiger partial charge in [0, 0.05) is 29.4 Å². The summed E-state index contributed by atoms with van der Waals surface area (Å²) in [6.45, 7) is 11.8. The van der Waals surface area contributed by atoms with Crippen LogP contribution in [0.25, 0.3) is 0 Å². The number of carbonyl (C=O) groups excluding carboxylic acids is 2. The Kier molecular flexibility index (Phi) is 8.82. The first-order valence-electron chi connectivity index (χ1n) is 11.7. The largest absolute Gasteiger partial charge is 0.491 e. The van der Waals surface area contributed by atoms with E-state index in [-0.39, 0.29) is 30.3 Å². The van der Waals surface area contributed by atoms with Gasteiger partial charge in [0.2, 0.25) is 11.8 Å². The quantitative estimate of drug-likeness (QED) is 0.450. The van der Waals surface area contributed by atoms with Crippen LogP contribution in [0.1, 0.15) is 56.2 Å². The molecule has 0 spiro atoms. The van der Waals surface area contributed by atoms with E-state index in [0.717, 1.165) is 23.3 Å². The minimum Gasteiger partial charge on any atom is -0.491 e.